The highest BCUT2D eigenvalue weighted by Crippen LogP contribution is 2.32. The Morgan fingerprint density at radius 2 is 1.92 bits per heavy atom. The number of nitrogens with one attached hydrogen (secondary N) is 1. The van der Waals surface area contributed by atoms with Crippen LogP contribution in [0.3, 0.4) is 0 Å². The van der Waals surface area contributed by atoms with Gasteiger partial charge in [-0.1, -0.05) is 17.4 Å². The van der Waals surface area contributed by atoms with E-state index in [9.17, 15) is 14.3 Å². The molecule has 1 saturated heterocycles. The summed E-state index contributed by atoms with van der Waals surface area (Å²) in [5.41, 5.74) is 1.09. The number of aromatic nitrogens is 1. The molecule has 26 heavy (non-hydrogen) atoms. The summed E-state index contributed by atoms with van der Waals surface area (Å²) < 4.78 is 14.7. The van der Waals surface area contributed by atoms with Gasteiger partial charge >= 0.3 is 0 Å². The quantitative estimate of drug-likeness (QED) is 0.683. The van der Waals surface area contributed by atoms with Crippen molar-refractivity contribution in [3.05, 3.63) is 48.3 Å². The molecule has 4 rings (SSSR count). The lowest BCUT2D eigenvalue weighted by Crippen LogP contribution is -2.38. The van der Waals surface area contributed by atoms with Crippen molar-refractivity contribution < 1.29 is 14.3 Å². The number of hydrogen-bond donors (Lipinski definition) is 2. The Hall–Kier alpha value is -2.67. The highest BCUT2D eigenvalue weighted by atomic mass is 32.1. The largest absolute Gasteiger partial charge is 0.508 e. The Morgan fingerprint density at radius 1 is 1.19 bits per heavy atom. The van der Waals surface area contributed by atoms with Crippen molar-refractivity contribution in [3.63, 3.8) is 0 Å². The number of carbonyl (C=O) groups is 1. The number of nitrogens with zero attached hydrogens (tertiary/aromatic N) is 2. The lowest BCUT2D eigenvalue weighted by molar-refractivity contribution is -0.120. The normalized spacial score (nSPS) is 15.3. The van der Waals surface area contributed by atoms with E-state index >= 15 is 0 Å². The molecule has 1 aliphatic rings. The Morgan fingerprint density at radius 3 is 2.62 bits per heavy atom. The SMILES string of the molecule is O=C(Nc1ccc(O)cc1)C1CCN(c2nc3c(F)cccc3s2)CC1. The lowest BCUT2D eigenvalue weighted by Gasteiger charge is -2.31. The van der Waals surface area contributed by atoms with Gasteiger partial charge in [-0.15, -0.1) is 0 Å². The van der Waals surface area contributed by atoms with E-state index in [1.54, 1.807) is 30.3 Å². The molecule has 0 atom stereocenters. The number of halogens is 1. The first-order valence-electron chi connectivity index (χ1n) is 8.50. The predicted molar refractivity (Wildman–Crippen MR) is 101 cm³/mol. The number of benzene rings is 2. The second kappa shape index (κ2) is 6.92. The summed E-state index contributed by atoms with van der Waals surface area (Å²) in [5, 5.41) is 13.0. The van der Waals surface area contributed by atoms with Gasteiger partial charge in [-0.05, 0) is 49.2 Å². The van der Waals surface area contributed by atoms with Gasteiger partial charge in [0.1, 0.15) is 17.1 Å². The summed E-state index contributed by atoms with van der Waals surface area (Å²) in [7, 11) is 0. The van der Waals surface area contributed by atoms with Crippen LogP contribution in [0.1, 0.15) is 12.8 Å². The molecule has 0 radical (unpaired) electrons. The van der Waals surface area contributed by atoms with Crippen LogP contribution >= 0.6 is 11.3 Å². The third kappa shape index (κ3) is 3.35. The van der Waals surface area contributed by atoms with Crippen LogP contribution in [0, 0.1) is 11.7 Å². The first kappa shape index (κ1) is 16.8. The van der Waals surface area contributed by atoms with Crippen LogP contribution in [0.15, 0.2) is 42.5 Å². The highest BCUT2D eigenvalue weighted by Gasteiger charge is 2.26. The minimum absolute atomic E-state index is 0.00863. The third-order valence-corrected chi connectivity index (χ3v) is 5.71. The zero-order valence-corrected chi connectivity index (χ0v) is 14.8. The summed E-state index contributed by atoms with van der Waals surface area (Å²) in [6.07, 6.45) is 1.45. The Balaban J connectivity index is 1.39. The average Bonchev–Trinajstić information content (AvgIpc) is 3.09. The van der Waals surface area contributed by atoms with E-state index < -0.39 is 0 Å². The molecule has 0 unspecified atom stereocenters. The summed E-state index contributed by atoms with van der Waals surface area (Å²) in [4.78, 5) is 19.0. The summed E-state index contributed by atoms with van der Waals surface area (Å²) >= 11 is 1.48. The molecular weight excluding hydrogens is 353 g/mol. The average molecular weight is 371 g/mol. The second-order valence-electron chi connectivity index (χ2n) is 6.38. The smallest absolute Gasteiger partial charge is 0.227 e. The molecule has 2 N–H and O–H groups in total. The van der Waals surface area contributed by atoms with Gasteiger partial charge in [-0.3, -0.25) is 4.79 Å². The van der Waals surface area contributed by atoms with Gasteiger partial charge < -0.3 is 15.3 Å². The van der Waals surface area contributed by atoms with Gasteiger partial charge in [0.05, 0.1) is 4.70 Å². The van der Waals surface area contributed by atoms with E-state index in [0.717, 1.165) is 35.8 Å². The Kier molecular flexibility index (Phi) is 4.46. The maximum absolute atomic E-state index is 13.8. The highest BCUT2D eigenvalue weighted by molar-refractivity contribution is 7.22. The number of phenolic OH excluding ortho intramolecular Hbond substituents is 1. The van der Waals surface area contributed by atoms with Gasteiger partial charge in [0, 0.05) is 24.7 Å². The minimum atomic E-state index is -0.298. The van der Waals surface area contributed by atoms with Crippen LogP contribution in [-0.4, -0.2) is 29.1 Å². The number of fused-ring (bicyclic) bond motifs is 1. The Bertz CT molecular complexity index is 934. The summed E-state index contributed by atoms with van der Waals surface area (Å²) in [5.74, 6) is -0.200. The fraction of sp³-hybridized carbons (Fsp3) is 0.263. The van der Waals surface area contributed by atoms with Gasteiger partial charge in [-0.2, -0.15) is 0 Å². The number of aromatic hydroxyl groups is 1. The van der Waals surface area contributed by atoms with Crippen molar-refractivity contribution in [1.82, 2.24) is 4.98 Å². The second-order valence-corrected chi connectivity index (χ2v) is 7.39. The molecule has 1 amide bonds. The molecular formula is C19H18FN3O2S. The van der Waals surface area contributed by atoms with E-state index in [1.165, 1.54) is 17.4 Å². The van der Waals surface area contributed by atoms with Crippen molar-refractivity contribution in [2.75, 3.05) is 23.3 Å². The van der Waals surface area contributed by atoms with Crippen LogP contribution in [0.2, 0.25) is 0 Å². The van der Waals surface area contributed by atoms with E-state index in [0.29, 0.717) is 11.2 Å². The molecule has 5 nitrogen and oxygen atoms in total. The lowest BCUT2D eigenvalue weighted by atomic mass is 9.96. The Labute approximate surface area is 154 Å². The molecule has 1 aliphatic heterocycles. The standard InChI is InChI=1S/C19H18FN3O2S/c20-15-2-1-3-16-17(15)22-19(26-16)23-10-8-12(9-11-23)18(25)21-13-4-6-14(24)7-5-13/h1-7,12,24H,8-11H2,(H,21,25). The molecule has 0 spiro atoms. The number of anilines is 2. The third-order valence-electron chi connectivity index (χ3n) is 4.63. The van der Waals surface area contributed by atoms with Crippen molar-refractivity contribution >= 4 is 38.3 Å². The van der Waals surface area contributed by atoms with Gasteiger partial charge in [0.15, 0.2) is 5.13 Å². The number of phenols is 1. The van der Waals surface area contributed by atoms with Crippen LogP contribution < -0.4 is 10.2 Å². The molecule has 0 aliphatic carbocycles. The summed E-state index contributed by atoms with van der Waals surface area (Å²) in [6, 6.07) is 11.4. The number of carbonyl (C=O) groups excluding carboxylic acids is 1. The molecule has 2 heterocycles. The molecule has 1 fully saturated rings. The van der Waals surface area contributed by atoms with Gasteiger partial charge in [0.25, 0.3) is 0 Å². The fourth-order valence-corrected chi connectivity index (χ4v) is 4.19. The van der Waals surface area contributed by atoms with E-state index in [4.69, 9.17) is 0 Å². The maximum Gasteiger partial charge on any atom is 0.227 e. The van der Waals surface area contributed by atoms with E-state index in [-0.39, 0.29) is 23.4 Å². The van der Waals surface area contributed by atoms with Crippen molar-refractivity contribution in [2.24, 2.45) is 5.92 Å². The van der Waals surface area contributed by atoms with E-state index in [2.05, 4.69) is 15.2 Å². The molecule has 2 aromatic carbocycles. The zero-order chi connectivity index (χ0) is 18.1. The zero-order valence-electron chi connectivity index (χ0n) is 14.0. The molecule has 7 heteroatoms. The van der Waals surface area contributed by atoms with Crippen LogP contribution in [0.5, 0.6) is 5.75 Å². The molecule has 1 aromatic heterocycles. The van der Waals surface area contributed by atoms with Crippen LogP contribution in [-0.2, 0) is 4.79 Å². The first-order chi connectivity index (χ1) is 12.6. The predicted octanol–water partition coefficient (Wildman–Crippen LogP) is 4.00. The number of rotatable bonds is 3. The van der Waals surface area contributed by atoms with Crippen LogP contribution in [0.4, 0.5) is 15.2 Å². The number of para-hydroxylation sites is 1. The van der Waals surface area contributed by atoms with Gasteiger partial charge in [-0.25, -0.2) is 9.37 Å². The van der Waals surface area contributed by atoms with E-state index in [1.807, 2.05) is 6.07 Å². The van der Waals surface area contributed by atoms with Gasteiger partial charge in [0.2, 0.25) is 5.91 Å². The van der Waals surface area contributed by atoms with Crippen molar-refractivity contribution in [2.45, 2.75) is 12.8 Å². The number of piperidine rings is 1. The topological polar surface area (TPSA) is 65.5 Å². The number of amides is 1. The van der Waals surface area contributed by atoms with Crippen molar-refractivity contribution in [1.29, 1.82) is 0 Å². The monoisotopic (exact) mass is 371 g/mol. The molecule has 3 aromatic rings. The number of thiazole rings is 1. The number of hydrogen-bond acceptors (Lipinski definition) is 5. The minimum Gasteiger partial charge on any atom is -0.508 e. The molecule has 134 valence electrons. The molecule has 0 bridgehead atoms. The molecule has 0 saturated carbocycles. The van der Waals surface area contributed by atoms with Crippen molar-refractivity contribution in [3.8, 4) is 5.75 Å². The first-order valence-corrected chi connectivity index (χ1v) is 9.32. The summed E-state index contributed by atoms with van der Waals surface area (Å²) in [6.45, 7) is 1.43. The fourth-order valence-electron chi connectivity index (χ4n) is 3.16. The van der Waals surface area contributed by atoms with Crippen LogP contribution in [0.25, 0.3) is 10.2 Å². The maximum atomic E-state index is 13.8.